The van der Waals surface area contributed by atoms with Crippen molar-refractivity contribution >= 4 is 17.3 Å². The van der Waals surface area contributed by atoms with Crippen molar-refractivity contribution in [2.24, 2.45) is 0 Å². The molecule has 0 radical (unpaired) electrons. The molecule has 1 N–H and O–H groups in total. The molecule has 0 aliphatic rings. The summed E-state index contributed by atoms with van der Waals surface area (Å²) in [6.45, 7) is 2.36. The lowest BCUT2D eigenvalue weighted by atomic mass is 10.2. The first kappa shape index (κ1) is 14.6. The van der Waals surface area contributed by atoms with Crippen LogP contribution in [0.1, 0.15) is 12.5 Å². The number of hydrogen-bond donors (Lipinski definition) is 1. The van der Waals surface area contributed by atoms with Crippen molar-refractivity contribution in [3.8, 4) is 5.75 Å². The van der Waals surface area contributed by atoms with E-state index in [1.807, 2.05) is 6.92 Å². The first-order chi connectivity index (χ1) is 9.61. The van der Waals surface area contributed by atoms with E-state index in [9.17, 15) is 8.78 Å². The maximum absolute atomic E-state index is 13.5. The summed E-state index contributed by atoms with van der Waals surface area (Å²) in [6, 6.07) is 8.85. The highest BCUT2D eigenvalue weighted by Gasteiger charge is 2.10. The average Bonchev–Trinajstić information content (AvgIpc) is 2.41. The Morgan fingerprint density at radius 3 is 2.50 bits per heavy atom. The maximum atomic E-state index is 13.5. The van der Waals surface area contributed by atoms with Crippen LogP contribution in [-0.2, 0) is 6.54 Å². The molecule has 106 valence electrons. The first-order valence-electron chi connectivity index (χ1n) is 6.21. The Morgan fingerprint density at radius 1 is 1.15 bits per heavy atom. The zero-order valence-electron chi connectivity index (χ0n) is 10.9. The molecule has 0 bridgehead atoms. The Bertz CT molecular complexity index is 584. The van der Waals surface area contributed by atoms with Crippen molar-refractivity contribution in [2.45, 2.75) is 13.5 Å². The minimum atomic E-state index is -0.586. The Morgan fingerprint density at radius 2 is 1.85 bits per heavy atom. The van der Waals surface area contributed by atoms with E-state index in [0.717, 1.165) is 0 Å². The molecule has 0 heterocycles. The standard InChI is InChI=1S/C15H14ClF2NO/c1-2-20-15-7-6-10(16)8-14(15)19-9-11-12(17)4-3-5-13(11)18/h3-8,19H,2,9H2,1H3. The van der Waals surface area contributed by atoms with Crippen LogP contribution in [0.3, 0.4) is 0 Å². The van der Waals surface area contributed by atoms with Gasteiger partial charge in [-0.2, -0.15) is 0 Å². The van der Waals surface area contributed by atoms with E-state index in [4.69, 9.17) is 16.3 Å². The molecule has 2 aromatic rings. The molecule has 0 fully saturated rings. The van der Waals surface area contributed by atoms with Crippen LogP contribution in [0.4, 0.5) is 14.5 Å². The molecular weight excluding hydrogens is 284 g/mol. The Labute approximate surface area is 121 Å². The third-order valence-corrected chi connectivity index (χ3v) is 2.99. The van der Waals surface area contributed by atoms with Gasteiger partial charge in [-0.3, -0.25) is 0 Å². The molecule has 20 heavy (non-hydrogen) atoms. The SMILES string of the molecule is CCOc1ccc(Cl)cc1NCc1c(F)cccc1F. The van der Waals surface area contributed by atoms with Gasteiger partial charge in [-0.15, -0.1) is 0 Å². The summed E-state index contributed by atoms with van der Waals surface area (Å²) in [4.78, 5) is 0. The fraction of sp³-hybridized carbons (Fsp3) is 0.200. The molecule has 0 unspecified atom stereocenters. The second kappa shape index (κ2) is 6.57. The number of rotatable bonds is 5. The Hall–Kier alpha value is -1.81. The normalized spacial score (nSPS) is 10.4. The summed E-state index contributed by atoms with van der Waals surface area (Å²) in [5.74, 6) is -0.580. The zero-order chi connectivity index (χ0) is 14.5. The minimum absolute atomic E-state index is 0.0128. The predicted octanol–water partition coefficient (Wildman–Crippen LogP) is 4.63. The molecule has 0 saturated heterocycles. The maximum Gasteiger partial charge on any atom is 0.142 e. The quantitative estimate of drug-likeness (QED) is 0.869. The van der Waals surface area contributed by atoms with E-state index < -0.39 is 11.6 Å². The molecule has 0 aromatic heterocycles. The topological polar surface area (TPSA) is 21.3 Å². The lowest BCUT2D eigenvalue weighted by Crippen LogP contribution is -2.06. The summed E-state index contributed by atoms with van der Waals surface area (Å²) in [5.41, 5.74) is 0.580. The van der Waals surface area contributed by atoms with Crippen molar-refractivity contribution in [3.63, 3.8) is 0 Å². The van der Waals surface area contributed by atoms with Crippen molar-refractivity contribution in [3.05, 3.63) is 58.6 Å². The van der Waals surface area contributed by atoms with E-state index in [2.05, 4.69) is 5.32 Å². The van der Waals surface area contributed by atoms with E-state index in [-0.39, 0.29) is 12.1 Å². The average molecular weight is 298 g/mol. The number of benzene rings is 2. The third-order valence-electron chi connectivity index (χ3n) is 2.76. The van der Waals surface area contributed by atoms with Gasteiger partial charge >= 0.3 is 0 Å². The first-order valence-corrected chi connectivity index (χ1v) is 6.58. The summed E-state index contributed by atoms with van der Waals surface area (Å²) in [7, 11) is 0. The molecular formula is C15H14ClF2NO. The van der Waals surface area contributed by atoms with Crippen LogP contribution in [0, 0.1) is 11.6 Å². The molecule has 0 aliphatic carbocycles. The minimum Gasteiger partial charge on any atom is -0.492 e. The molecule has 2 nitrogen and oxygen atoms in total. The van der Waals surface area contributed by atoms with Crippen molar-refractivity contribution in [1.29, 1.82) is 0 Å². The van der Waals surface area contributed by atoms with Crippen LogP contribution in [0.2, 0.25) is 5.02 Å². The summed E-state index contributed by atoms with van der Waals surface area (Å²) in [6.07, 6.45) is 0. The predicted molar refractivity (Wildman–Crippen MR) is 76.3 cm³/mol. The van der Waals surface area contributed by atoms with Gasteiger partial charge in [0.05, 0.1) is 12.3 Å². The van der Waals surface area contributed by atoms with Gasteiger partial charge in [0.1, 0.15) is 17.4 Å². The van der Waals surface area contributed by atoms with Crippen molar-refractivity contribution < 1.29 is 13.5 Å². The Balaban J connectivity index is 2.20. The van der Waals surface area contributed by atoms with Gasteiger partial charge in [0.25, 0.3) is 0 Å². The highest BCUT2D eigenvalue weighted by atomic mass is 35.5. The molecule has 0 aliphatic heterocycles. The Kier molecular flexibility index (Phi) is 4.79. The van der Waals surface area contributed by atoms with Gasteiger partial charge in [-0.05, 0) is 37.3 Å². The second-order valence-corrected chi connectivity index (χ2v) is 4.56. The van der Waals surface area contributed by atoms with Gasteiger partial charge in [0.2, 0.25) is 0 Å². The van der Waals surface area contributed by atoms with Crippen LogP contribution < -0.4 is 10.1 Å². The van der Waals surface area contributed by atoms with Gasteiger partial charge < -0.3 is 10.1 Å². The summed E-state index contributed by atoms with van der Waals surface area (Å²) in [5, 5.41) is 3.47. The number of nitrogens with one attached hydrogen (secondary N) is 1. The van der Waals surface area contributed by atoms with Gasteiger partial charge in [-0.1, -0.05) is 17.7 Å². The highest BCUT2D eigenvalue weighted by Crippen LogP contribution is 2.29. The summed E-state index contributed by atoms with van der Waals surface area (Å²) >= 11 is 5.92. The third kappa shape index (κ3) is 3.39. The molecule has 2 rings (SSSR count). The second-order valence-electron chi connectivity index (χ2n) is 4.13. The van der Waals surface area contributed by atoms with Crippen molar-refractivity contribution in [2.75, 3.05) is 11.9 Å². The summed E-state index contributed by atoms with van der Waals surface area (Å²) < 4.78 is 32.5. The molecule has 5 heteroatoms. The van der Waals surface area contributed by atoms with Gasteiger partial charge in [0, 0.05) is 17.1 Å². The van der Waals surface area contributed by atoms with Gasteiger partial charge in [-0.25, -0.2) is 8.78 Å². The number of hydrogen-bond acceptors (Lipinski definition) is 2. The zero-order valence-corrected chi connectivity index (χ0v) is 11.7. The number of anilines is 1. The van der Waals surface area contributed by atoms with E-state index in [1.165, 1.54) is 18.2 Å². The van der Waals surface area contributed by atoms with Gasteiger partial charge in [0.15, 0.2) is 0 Å². The molecule has 0 amide bonds. The van der Waals surface area contributed by atoms with Crippen LogP contribution in [0.15, 0.2) is 36.4 Å². The van der Waals surface area contributed by atoms with Crippen molar-refractivity contribution in [1.82, 2.24) is 0 Å². The number of halogens is 3. The lowest BCUT2D eigenvalue weighted by molar-refractivity contribution is 0.341. The van der Waals surface area contributed by atoms with Crippen LogP contribution in [-0.4, -0.2) is 6.61 Å². The van der Waals surface area contributed by atoms with E-state index >= 15 is 0 Å². The van der Waals surface area contributed by atoms with Crippen LogP contribution in [0.25, 0.3) is 0 Å². The van der Waals surface area contributed by atoms with Crippen LogP contribution in [0.5, 0.6) is 5.75 Å². The molecule has 0 saturated carbocycles. The molecule has 0 atom stereocenters. The van der Waals surface area contributed by atoms with E-state index in [1.54, 1.807) is 18.2 Å². The lowest BCUT2D eigenvalue weighted by Gasteiger charge is -2.13. The largest absolute Gasteiger partial charge is 0.492 e. The fourth-order valence-electron chi connectivity index (χ4n) is 1.81. The highest BCUT2D eigenvalue weighted by molar-refractivity contribution is 6.30. The monoisotopic (exact) mass is 297 g/mol. The number of ether oxygens (including phenoxy) is 1. The molecule has 2 aromatic carbocycles. The van der Waals surface area contributed by atoms with Crippen LogP contribution >= 0.6 is 11.6 Å². The smallest absolute Gasteiger partial charge is 0.142 e. The molecule has 0 spiro atoms. The van der Waals surface area contributed by atoms with E-state index in [0.29, 0.717) is 23.1 Å². The fourth-order valence-corrected chi connectivity index (χ4v) is 1.98.